The van der Waals surface area contributed by atoms with Crippen LogP contribution in [0, 0.1) is 34.5 Å². The molecule has 2 rings (SSSR count). The minimum atomic E-state index is -0.513. The summed E-state index contributed by atoms with van der Waals surface area (Å²) in [5.74, 6) is -1.15. The molecular weight excluding hydrogens is 264 g/mol. The van der Waals surface area contributed by atoms with Gasteiger partial charge in [-0.1, -0.05) is 39.8 Å². The second-order valence-electron chi connectivity index (χ2n) is 8.11. The highest BCUT2D eigenvalue weighted by Crippen LogP contribution is 2.61. The van der Waals surface area contributed by atoms with Gasteiger partial charge >= 0.3 is 0 Å². The van der Waals surface area contributed by atoms with Crippen LogP contribution in [-0.2, 0) is 14.4 Å². The molecule has 0 saturated heterocycles. The lowest BCUT2D eigenvalue weighted by Gasteiger charge is -2.59. The third-order valence-corrected chi connectivity index (χ3v) is 6.04. The maximum atomic E-state index is 13.1. The molecule has 2 aliphatic carbocycles. The Morgan fingerprint density at radius 2 is 1.52 bits per heavy atom. The Bertz CT molecular complexity index is 531. The summed E-state index contributed by atoms with van der Waals surface area (Å²) in [6.07, 6.45) is 0.616. The van der Waals surface area contributed by atoms with Gasteiger partial charge in [0.05, 0.1) is 0 Å². The molecule has 0 N–H and O–H groups in total. The molecule has 0 heterocycles. The molecule has 0 bridgehead atoms. The van der Waals surface area contributed by atoms with Gasteiger partial charge in [-0.3, -0.25) is 14.4 Å². The topological polar surface area (TPSA) is 51.2 Å². The summed E-state index contributed by atoms with van der Waals surface area (Å²) in [5, 5.41) is 0. The van der Waals surface area contributed by atoms with Gasteiger partial charge in [0.25, 0.3) is 0 Å². The summed E-state index contributed by atoms with van der Waals surface area (Å²) >= 11 is 0. The number of hydrogen-bond donors (Lipinski definition) is 0. The quantitative estimate of drug-likeness (QED) is 0.734. The lowest BCUT2D eigenvalue weighted by Crippen LogP contribution is -2.64. The Morgan fingerprint density at radius 3 is 1.90 bits per heavy atom. The molecule has 0 spiro atoms. The molecule has 2 aliphatic rings. The van der Waals surface area contributed by atoms with Crippen LogP contribution in [0.2, 0.25) is 0 Å². The molecule has 5 atom stereocenters. The Kier molecular flexibility index (Phi) is 3.55. The van der Waals surface area contributed by atoms with Gasteiger partial charge < -0.3 is 0 Å². The minimum Gasteiger partial charge on any atom is -0.300 e. The number of Topliss-reactive ketones (excluding diaryl/α,β-unsaturated/α-hetero) is 3. The van der Waals surface area contributed by atoms with Gasteiger partial charge in [0.1, 0.15) is 17.3 Å². The number of allylic oxidation sites excluding steroid dienone is 1. The van der Waals surface area contributed by atoms with E-state index in [4.69, 9.17) is 0 Å². The minimum absolute atomic E-state index is 0.00441. The Labute approximate surface area is 127 Å². The Morgan fingerprint density at radius 1 is 1.10 bits per heavy atom. The van der Waals surface area contributed by atoms with Gasteiger partial charge in [0.2, 0.25) is 0 Å². The molecule has 5 unspecified atom stereocenters. The van der Waals surface area contributed by atoms with E-state index >= 15 is 0 Å². The lowest BCUT2D eigenvalue weighted by molar-refractivity contribution is -0.167. The first-order valence-electron chi connectivity index (χ1n) is 7.66. The summed E-state index contributed by atoms with van der Waals surface area (Å²) in [7, 11) is 0. The number of ketones is 3. The molecule has 0 radical (unpaired) electrons. The number of fused-ring (bicyclic) bond motifs is 1. The number of hydrogen-bond acceptors (Lipinski definition) is 3. The van der Waals surface area contributed by atoms with Crippen molar-refractivity contribution in [2.24, 2.45) is 34.5 Å². The fourth-order valence-electron chi connectivity index (χ4n) is 4.26. The van der Waals surface area contributed by atoms with Crippen LogP contribution in [0.5, 0.6) is 0 Å². The zero-order valence-corrected chi connectivity index (χ0v) is 13.9. The van der Waals surface area contributed by atoms with Crippen LogP contribution in [-0.4, -0.2) is 17.3 Å². The van der Waals surface area contributed by atoms with Gasteiger partial charge in [-0.15, -0.1) is 0 Å². The van der Waals surface area contributed by atoms with Crippen LogP contribution in [0.3, 0.4) is 0 Å². The van der Waals surface area contributed by atoms with Crippen molar-refractivity contribution >= 4 is 17.3 Å². The van der Waals surface area contributed by atoms with Crippen molar-refractivity contribution in [1.82, 2.24) is 0 Å². The molecule has 116 valence electrons. The number of carbonyl (C=O) groups excluding carboxylic acids is 3. The molecule has 0 aromatic rings. The summed E-state index contributed by atoms with van der Waals surface area (Å²) in [5.41, 5.74) is 0.260. The van der Waals surface area contributed by atoms with E-state index in [0.29, 0.717) is 6.42 Å². The molecule has 3 heteroatoms. The van der Waals surface area contributed by atoms with Crippen molar-refractivity contribution < 1.29 is 14.4 Å². The van der Waals surface area contributed by atoms with Crippen LogP contribution in [0.1, 0.15) is 48.0 Å². The molecule has 0 aromatic heterocycles. The highest BCUT2D eigenvalue weighted by Gasteiger charge is 2.65. The SMILES string of the molecule is C=C1CC(C)(C(C)(C)C)C(=O)C2C1C(C(C)=O)C2C(C)=O. The van der Waals surface area contributed by atoms with E-state index in [0.717, 1.165) is 5.57 Å². The molecule has 0 amide bonds. The van der Waals surface area contributed by atoms with Crippen molar-refractivity contribution in [3.63, 3.8) is 0 Å². The maximum Gasteiger partial charge on any atom is 0.144 e. The van der Waals surface area contributed by atoms with Crippen molar-refractivity contribution in [1.29, 1.82) is 0 Å². The average molecular weight is 290 g/mol. The van der Waals surface area contributed by atoms with Crippen LogP contribution in [0.15, 0.2) is 12.2 Å². The summed E-state index contributed by atoms with van der Waals surface area (Å²) in [6, 6.07) is 0. The summed E-state index contributed by atoms with van der Waals surface area (Å²) in [6.45, 7) is 15.3. The van der Waals surface area contributed by atoms with Gasteiger partial charge in [-0.2, -0.15) is 0 Å². The Balaban J connectivity index is 2.47. The van der Waals surface area contributed by atoms with E-state index in [9.17, 15) is 14.4 Å². The largest absolute Gasteiger partial charge is 0.300 e. The smallest absolute Gasteiger partial charge is 0.144 e. The van der Waals surface area contributed by atoms with E-state index in [2.05, 4.69) is 27.4 Å². The molecule has 0 aliphatic heterocycles. The fourth-order valence-corrected chi connectivity index (χ4v) is 4.26. The number of rotatable bonds is 2. The molecule has 2 fully saturated rings. The van der Waals surface area contributed by atoms with Crippen LogP contribution in [0.25, 0.3) is 0 Å². The summed E-state index contributed by atoms with van der Waals surface area (Å²) in [4.78, 5) is 37.0. The zero-order valence-electron chi connectivity index (χ0n) is 13.9. The zero-order chi connectivity index (χ0) is 16.3. The van der Waals surface area contributed by atoms with Crippen LogP contribution in [0.4, 0.5) is 0 Å². The van der Waals surface area contributed by atoms with E-state index in [1.165, 1.54) is 13.8 Å². The molecule has 2 saturated carbocycles. The lowest BCUT2D eigenvalue weighted by atomic mass is 9.42. The maximum absolute atomic E-state index is 13.1. The molecular formula is C18H26O3. The van der Waals surface area contributed by atoms with Crippen molar-refractivity contribution in [3.8, 4) is 0 Å². The van der Waals surface area contributed by atoms with E-state index < -0.39 is 11.3 Å². The third-order valence-electron chi connectivity index (χ3n) is 6.04. The van der Waals surface area contributed by atoms with Crippen molar-refractivity contribution in [3.05, 3.63) is 12.2 Å². The van der Waals surface area contributed by atoms with Gasteiger partial charge in [-0.25, -0.2) is 0 Å². The molecule has 0 aromatic carbocycles. The normalized spacial score (nSPS) is 39.5. The second kappa shape index (κ2) is 4.62. The highest BCUT2D eigenvalue weighted by atomic mass is 16.1. The highest BCUT2D eigenvalue weighted by molar-refractivity contribution is 6.00. The average Bonchev–Trinajstić information content (AvgIpc) is 2.22. The monoisotopic (exact) mass is 290 g/mol. The van der Waals surface area contributed by atoms with E-state index in [1.807, 2.05) is 6.92 Å². The van der Waals surface area contributed by atoms with Crippen LogP contribution >= 0.6 is 0 Å². The first kappa shape index (κ1) is 16.1. The van der Waals surface area contributed by atoms with Gasteiger partial charge in [0.15, 0.2) is 0 Å². The van der Waals surface area contributed by atoms with E-state index in [-0.39, 0.29) is 40.5 Å². The predicted octanol–water partition coefficient (Wildman–Crippen LogP) is 3.22. The van der Waals surface area contributed by atoms with Gasteiger partial charge in [0, 0.05) is 29.1 Å². The number of carbonyl (C=O) groups is 3. The van der Waals surface area contributed by atoms with Crippen LogP contribution < -0.4 is 0 Å². The van der Waals surface area contributed by atoms with Crippen molar-refractivity contribution in [2.75, 3.05) is 0 Å². The predicted molar refractivity (Wildman–Crippen MR) is 81.6 cm³/mol. The van der Waals surface area contributed by atoms with Crippen molar-refractivity contribution in [2.45, 2.75) is 48.0 Å². The summed E-state index contributed by atoms with van der Waals surface area (Å²) < 4.78 is 0. The third kappa shape index (κ3) is 2.04. The first-order chi connectivity index (χ1) is 9.43. The first-order valence-corrected chi connectivity index (χ1v) is 7.66. The fraction of sp³-hybridized carbons (Fsp3) is 0.722. The molecule has 21 heavy (non-hydrogen) atoms. The van der Waals surface area contributed by atoms with Gasteiger partial charge in [-0.05, 0) is 25.7 Å². The Hall–Kier alpha value is -1.25. The standard InChI is InChI=1S/C18H26O3/c1-9-8-18(7,17(4,5)6)16(21)15-12(9)13(10(2)19)14(15)11(3)20/h12-15H,1,8H2,2-7H3. The van der Waals surface area contributed by atoms with E-state index in [1.54, 1.807) is 0 Å². The second-order valence-corrected chi connectivity index (χ2v) is 8.11. The molecule has 3 nitrogen and oxygen atoms in total.